The van der Waals surface area contributed by atoms with Crippen LogP contribution in [0.3, 0.4) is 0 Å². The zero-order valence-corrected chi connectivity index (χ0v) is 19.8. The molecule has 0 heterocycles. The normalized spacial score (nSPS) is 11.3. The molecule has 0 saturated carbocycles. The number of unbranched alkanes of at least 4 members (excludes halogenated alkanes) is 2. The van der Waals surface area contributed by atoms with Crippen LogP contribution in [0.4, 0.5) is 39.5 Å². The fourth-order valence-corrected chi connectivity index (χ4v) is 4.21. The van der Waals surface area contributed by atoms with Gasteiger partial charge in [-0.05, 0) is 36.1 Å². The van der Waals surface area contributed by atoms with Gasteiger partial charge in [0, 0.05) is 27.8 Å². The topological polar surface area (TPSA) is 0 Å². The summed E-state index contributed by atoms with van der Waals surface area (Å²) in [7, 11) is 0. The minimum atomic E-state index is -1.80. The van der Waals surface area contributed by atoms with Gasteiger partial charge in [0.25, 0.3) is 0 Å². The first-order valence-electron chi connectivity index (χ1n) is 11.6. The molecule has 0 saturated heterocycles. The monoisotopic (exact) mass is 538 g/mol. The fraction of sp³-hybridized carbons (Fsp3) is 0.172. The van der Waals surface area contributed by atoms with E-state index in [4.69, 9.17) is 0 Å². The molecule has 198 valence electrons. The van der Waals surface area contributed by atoms with Crippen molar-refractivity contribution in [3.05, 3.63) is 106 Å². The fourth-order valence-electron chi connectivity index (χ4n) is 4.21. The van der Waals surface area contributed by atoms with Gasteiger partial charge in [0.1, 0.15) is 0 Å². The summed E-state index contributed by atoms with van der Waals surface area (Å²) in [6.45, 7) is 1.95. The number of benzene rings is 4. The highest BCUT2D eigenvalue weighted by Gasteiger charge is 2.24. The third kappa shape index (κ3) is 4.89. The summed E-state index contributed by atoms with van der Waals surface area (Å²) in [5.74, 6) is -14.2. The molecule has 0 unspecified atom stereocenters. The van der Waals surface area contributed by atoms with Crippen LogP contribution in [-0.2, 0) is 6.42 Å². The highest BCUT2D eigenvalue weighted by Crippen LogP contribution is 2.37. The van der Waals surface area contributed by atoms with Gasteiger partial charge in [-0.1, -0.05) is 56.2 Å². The average molecular weight is 538 g/mol. The number of hydrogen-bond donors (Lipinski definition) is 0. The predicted molar refractivity (Wildman–Crippen MR) is 126 cm³/mol. The second kappa shape index (κ2) is 10.9. The molecule has 0 N–H and O–H groups in total. The number of rotatable bonds is 7. The summed E-state index contributed by atoms with van der Waals surface area (Å²) in [4.78, 5) is 0. The molecule has 0 aliphatic carbocycles. The minimum absolute atomic E-state index is 0.0933. The van der Waals surface area contributed by atoms with Gasteiger partial charge >= 0.3 is 0 Å². The van der Waals surface area contributed by atoms with Gasteiger partial charge in [0.05, 0.1) is 0 Å². The summed E-state index contributed by atoms with van der Waals surface area (Å²) in [6.07, 6.45) is 2.57. The average Bonchev–Trinajstić information content (AvgIpc) is 2.89. The van der Waals surface area contributed by atoms with Crippen LogP contribution in [0.15, 0.2) is 48.5 Å². The lowest BCUT2D eigenvalue weighted by Crippen LogP contribution is -2.02. The maximum atomic E-state index is 15.0. The van der Waals surface area contributed by atoms with Crippen molar-refractivity contribution >= 4 is 0 Å². The summed E-state index contributed by atoms with van der Waals surface area (Å²) >= 11 is 0. The Labute approximate surface area is 212 Å². The number of aryl methyl sites for hydroxylation is 1. The van der Waals surface area contributed by atoms with Crippen molar-refractivity contribution in [1.82, 2.24) is 0 Å². The smallest absolute Gasteiger partial charge is 0.194 e. The van der Waals surface area contributed by atoms with E-state index in [0.717, 1.165) is 43.2 Å². The second-order valence-electron chi connectivity index (χ2n) is 8.69. The molecule has 0 atom stereocenters. The van der Waals surface area contributed by atoms with Crippen LogP contribution in [0.25, 0.3) is 33.4 Å². The maximum Gasteiger partial charge on any atom is 0.194 e. The Morgan fingerprint density at radius 2 is 0.842 bits per heavy atom. The molecular formula is C29H19F9. The summed E-state index contributed by atoms with van der Waals surface area (Å²) in [5, 5.41) is 0. The van der Waals surface area contributed by atoms with E-state index in [9.17, 15) is 35.1 Å². The van der Waals surface area contributed by atoms with Gasteiger partial charge in [-0.15, -0.1) is 0 Å². The van der Waals surface area contributed by atoms with Crippen molar-refractivity contribution < 1.29 is 39.5 Å². The van der Waals surface area contributed by atoms with Crippen LogP contribution in [0.5, 0.6) is 0 Å². The van der Waals surface area contributed by atoms with Crippen LogP contribution in [-0.4, -0.2) is 0 Å². The van der Waals surface area contributed by atoms with Crippen molar-refractivity contribution in [3.8, 4) is 33.4 Å². The molecule has 0 spiro atoms. The van der Waals surface area contributed by atoms with Gasteiger partial charge < -0.3 is 0 Å². The maximum absolute atomic E-state index is 15.0. The van der Waals surface area contributed by atoms with E-state index in [-0.39, 0.29) is 12.0 Å². The quantitative estimate of drug-likeness (QED) is 0.125. The van der Waals surface area contributed by atoms with E-state index in [1.54, 1.807) is 0 Å². The third-order valence-electron chi connectivity index (χ3n) is 6.25. The Kier molecular flexibility index (Phi) is 7.85. The summed E-state index contributed by atoms with van der Waals surface area (Å²) in [5.41, 5.74) is -3.74. The van der Waals surface area contributed by atoms with Crippen molar-refractivity contribution in [3.63, 3.8) is 0 Å². The van der Waals surface area contributed by atoms with Gasteiger partial charge in [-0.2, -0.15) is 0 Å². The summed E-state index contributed by atoms with van der Waals surface area (Å²) in [6, 6.07) is 6.78. The molecule has 4 aromatic carbocycles. The van der Waals surface area contributed by atoms with Gasteiger partial charge in [0.2, 0.25) is 0 Å². The van der Waals surface area contributed by atoms with Crippen molar-refractivity contribution in [2.45, 2.75) is 32.6 Å². The van der Waals surface area contributed by atoms with Crippen LogP contribution in [0, 0.1) is 52.4 Å². The lowest BCUT2D eigenvalue weighted by atomic mass is 9.95. The second-order valence-corrected chi connectivity index (χ2v) is 8.69. The SMILES string of the molecule is CCCCCc1ccc(-c2ccc(-c3ccc(-c4cc(F)c(F)c(F)c4)c(F)c3F)c(F)c2F)c(F)c1F. The molecule has 0 fully saturated rings. The molecule has 38 heavy (non-hydrogen) atoms. The molecule has 0 nitrogen and oxygen atoms in total. The molecule has 0 radical (unpaired) electrons. The number of hydrogen-bond acceptors (Lipinski definition) is 0. The zero-order chi connectivity index (χ0) is 27.7. The van der Waals surface area contributed by atoms with E-state index in [1.165, 1.54) is 6.07 Å². The van der Waals surface area contributed by atoms with Crippen LogP contribution in [0.1, 0.15) is 31.7 Å². The molecule has 9 heteroatoms. The molecule has 0 aliphatic heterocycles. The third-order valence-corrected chi connectivity index (χ3v) is 6.25. The Morgan fingerprint density at radius 1 is 0.447 bits per heavy atom. The van der Waals surface area contributed by atoms with E-state index in [2.05, 4.69) is 0 Å². The molecule has 4 aromatic rings. The molecule has 0 bridgehead atoms. The van der Waals surface area contributed by atoms with Gasteiger partial charge in [0.15, 0.2) is 52.4 Å². The molecule has 0 aliphatic rings. The molecule has 0 aromatic heterocycles. The van der Waals surface area contributed by atoms with E-state index in [0.29, 0.717) is 18.6 Å². The first-order valence-corrected chi connectivity index (χ1v) is 11.6. The Hall–Kier alpha value is -3.75. The van der Waals surface area contributed by atoms with Crippen molar-refractivity contribution in [1.29, 1.82) is 0 Å². The van der Waals surface area contributed by atoms with Gasteiger partial charge in [-0.25, -0.2) is 39.5 Å². The van der Waals surface area contributed by atoms with Crippen molar-refractivity contribution in [2.24, 2.45) is 0 Å². The standard InChI is InChI=1S/C29H19F9/c1-2-3-4-5-14-6-7-17(25(34)23(14)32)19-10-11-20(28(37)27(19)36)18-9-8-16(24(33)26(18)35)15-12-21(30)29(38)22(31)13-15/h6-13H,2-5H2,1H3. The minimum Gasteiger partial charge on any atom is -0.204 e. The Balaban J connectivity index is 1.74. The van der Waals surface area contributed by atoms with E-state index in [1.807, 2.05) is 6.92 Å². The number of halogens is 9. The Morgan fingerprint density at radius 3 is 1.32 bits per heavy atom. The predicted octanol–water partition coefficient (Wildman–Crippen LogP) is 9.67. The lowest BCUT2D eigenvalue weighted by molar-refractivity contribution is 0.447. The largest absolute Gasteiger partial charge is 0.204 e. The summed E-state index contributed by atoms with van der Waals surface area (Å²) < 4.78 is 129. The highest BCUT2D eigenvalue weighted by molar-refractivity contribution is 5.75. The van der Waals surface area contributed by atoms with Crippen molar-refractivity contribution in [2.75, 3.05) is 0 Å². The van der Waals surface area contributed by atoms with Crippen LogP contribution < -0.4 is 0 Å². The highest BCUT2D eigenvalue weighted by atomic mass is 19.2. The van der Waals surface area contributed by atoms with Crippen LogP contribution >= 0.6 is 0 Å². The molecular weight excluding hydrogens is 519 g/mol. The van der Waals surface area contributed by atoms with E-state index < -0.39 is 85.7 Å². The van der Waals surface area contributed by atoms with Gasteiger partial charge in [-0.3, -0.25) is 0 Å². The van der Waals surface area contributed by atoms with Crippen LogP contribution in [0.2, 0.25) is 0 Å². The Bertz CT molecular complexity index is 1500. The first-order chi connectivity index (χ1) is 18.1. The van der Waals surface area contributed by atoms with E-state index >= 15 is 4.39 Å². The molecule has 4 rings (SSSR count). The molecule has 0 amide bonds. The zero-order valence-electron chi connectivity index (χ0n) is 19.8. The lowest BCUT2D eigenvalue weighted by Gasteiger charge is -2.13. The first kappa shape index (κ1) is 27.3.